The number of carbonyl (C=O) groups is 1. The summed E-state index contributed by atoms with van der Waals surface area (Å²) in [5.41, 5.74) is 5.56. The first-order valence-electron chi connectivity index (χ1n) is 4.78. The number of rotatable bonds is 8. The van der Waals surface area contributed by atoms with Crippen molar-refractivity contribution in [2.45, 2.75) is 19.1 Å². The van der Waals surface area contributed by atoms with Gasteiger partial charge in [0.15, 0.2) is 6.10 Å². The summed E-state index contributed by atoms with van der Waals surface area (Å²) in [6.07, 6.45) is -1.25. The molecule has 0 aromatic carbocycles. The van der Waals surface area contributed by atoms with E-state index in [0.717, 1.165) is 0 Å². The maximum Gasteiger partial charge on any atom is 0.337 e. The largest absolute Gasteiger partial charge is 0.464 e. The molecule has 0 aliphatic heterocycles. The third kappa shape index (κ3) is 7.26. The number of aliphatic hydroxyl groups excluding tert-OH is 1. The second-order valence-corrected chi connectivity index (χ2v) is 3.02. The molecule has 0 saturated heterocycles. The quantitative estimate of drug-likeness (QED) is 0.506. The van der Waals surface area contributed by atoms with Gasteiger partial charge in [0.2, 0.25) is 0 Å². The number of ether oxygens (including phenoxy) is 3. The lowest BCUT2D eigenvalue weighted by molar-refractivity contribution is -0.156. The lowest BCUT2D eigenvalue weighted by Gasteiger charge is -2.13. The third-order valence-corrected chi connectivity index (χ3v) is 1.55. The van der Waals surface area contributed by atoms with E-state index in [4.69, 9.17) is 15.2 Å². The molecule has 0 aromatic rings. The molecule has 6 nitrogen and oxygen atoms in total. The monoisotopic (exact) mass is 221 g/mol. The molecule has 0 fully saturated rings. The molecule has 0 aliphatic carbocycles. The number of aliphatic hydroxyl groups is 1. The molecule has 2 unspecified atom stereocenters. The van der Waals surface area contributed by atoms with Crippen molar-refractivity contribution >= 4 is 5.97 Å². The van der Waals surface area contributed by atoms with Crippen molar-refractivity contribution in [1.82, 2.24) is 0 Å². The standard InChI is InChI=1S/C9H19NO5/c1-3-15-9(12)8(11)6-14-5-7(10)4-13-2/h7-8,11H,3-6,10H2,1-2H3. The summed E-state index contributed by atoms with van der Waals surface area (Å²) >= 11 is 0. The topological polar surface area (TPSA) is 91.0 Å². The smallest absolute Gasteiger partial charge is 0.337 e. The van der Waals surface area contributed by atoms with Crippen LogP contribution in [0.15, 0.2) is 0 Å². The molecule has 2 atom stereocenters. The van der Waals surface area contributed by atoms with Gasteiger partial charge in [-0.1, -0.05) is 0 Å². The summed E-state index contributed by atoms with van der Waals surface area (Å²) < 4.78 is 14.4. The van der Waals surface area contributed by atoms with E-state index >= 15 is 0 Å². The summed E-state index contributed by atoms with van der Waals surface area (Å²) in [6, 6.07) is -0.260. The Balaban J connectivity index is 3.53. The summed E-state index contributed by atoms with van der Waals surface area (Å²) in [5, 5.41) is 9.22. The molecule has 0 radical (unpaired) electrons. The zero-order valence-corrected chi connectivity index (χ0v) is 9.14. The van der Waals surface area contributed by atoms with Crippen LogP contribution in [0.2, 0.25) is 0 Å². The van der Waals surface area contributed by atoms with Crippen LogP contribution in [-0.4, -0.2) is 56.8 Å². The third-order valence-electron chi connectivity index (χ3n) is 1.55. The van der Waals surface area contributed by atoms with Gasteiger partial charge in [0, 0.05) is 7.11 Å². The average Bonchev–Trinajstić information content (AvgIpc) is 2.18. The Morgan fingerprint density at radius 3 is 2.60 bits per heavy atom. The van der Waals surface area contributed by atoms with E-state index < -0.39 is 12.1 Å². The normalized spacial score (nSPS) is 14.7. The first kappa shape index (κ1) is 14.3. The Morgan fingerprint density at radius 2 is 2.07 bits per heavy atom. The van der Waals surface area contributed by atoms with Gasteiger partial charge in [0.1, 0.15) is 0 Å². The highest BCUT2D eigenvalue weighted by Crippen LogP contribution is 1.92. The minimum absolute atomic E-state index is 0.115. The van der Waals surface area contributed by atoms with Crippen molar-refractivity contribution in [3.05, 3.63) is 0 Å². The van der Waals surface area contributed by atoms with Gasteiger partial charge in [0.05, 0.1) is 32.5 Å². The molecule has 0 aromatic heterocycles. The molecule has 0 rings (SSSR count). The second kappa shape index (κ2) is 8.60. The van der Waals surface area contributed by atoms with E-state index in [1.807, 2.05) is 0 Å². The Kier molecular flexibility index (Phi) is 8.21. The molecular formula is C9H19NO5. The number of nitrogens with two attached hydrogens (primary N) is 1. The van der Waals surface area contributed by atoms with E-state index in [1.54, 1.807) is 6.92 Å². The van der Waals surface area contributed by atoms with Crippen LogP contribution >= 0.6 is 0 Å². The number of methoxy groups -OCH3 is 1. The number of hydrogen-bond donors (Lipinski definition) is 2. The molecule has 0 heterocycles. The number of hydrogen-bond acceptors (Lipinski definition) is 6. The Hall–Kier alpha value is -0.690. The Labute approximate surface area is 89.3 Å². The maximum atomic E-state index is 10.9. The lowest BCUT2D eigenvalue weighted by Crippen LogP contribution is -2.34. The predicted octanol–water partition coefficient (Wildman–Crippen LogP) is -1.10. The van der Waals surface area contributed by atoms with Gasteiger partial charge in [-0.05, 0) is 6.92 Å². The predicted molar refractivity (Wildman–Crippen MR) is 53.3 cm³/mol. The average molecular weight is 221 g/mol. The number of carbonyl (C=O) groups excluding carboxylic acids is 1. The molecule has 15 heavy (non-hydrogen) atoms. The lowest BCUT2D eigenvalue weighted by atomic mass is 10.3. The van der Waals surface area contributed by atoms with Gasteiger partial charge in [-0.15, -0.1) is 0 Å². The van der Waals surface area contributed by atoms with Crippen molar-refractivity contribution in [3.8, 4) is 0 Å². The van der Waals surface area contributed by atoms with Crippen molar-refractivity contribution in [2.75, 3.05) is 33.5 Å². The zero-order valence-electron chi connectivity index (χ0n) is 9.14. The van der Waals surface area contributed by atoms with Crippen LogP contribution in [-0.2, 0) is 19.0 Å². The van der Waals surface area contributed by atoms with Crippen LogP contribution in [0.4, 0.5) is 0 Å². The molecular weight excluding hydrogens is 202 g/mol. The van der Waals surface area contributed by atoms with Crippen LogP contribution in [0.5, 0.6) is 0 Å². The summed E-state index contributed by atoms with van der Waals surface area (Å²) in [7, 11) is 1.54. The Bertz CT molecular complexity index is 176. The molecule has 3 N–H and O–H groups in total. The molecule has 0 aliphatic rings. The van der Waals surface area contributed by atoms with Crippen molar-refractivity contribution in [2.24, 2.45) is 5.73 Å². The van der Waals surface area contributed by atoms with Gasteiger partial charge in [-0.25, -0.2) is 4.79 Å². The molecule has 0 saturated carbocycles. The van der Waals surface area contributed by atoms with E-state index in [2.05, 4.69) is 4.74 Å². The van der Waals surface area contributed by atoms with Crippen LogP contribution in [0.3, 0.4) is 0 Å². The van der Waals surface area contributed by atoms with E-state index in [9.17, 15) is 9.90 Å². The SMILES string of the molecule is CCOC(=O)C(O)COCC(N)COC. The molecule has 0 bridgehead atoms. The highest BCUT2D eigenvalue weighted by Gasteiger charge is 2.16. The van der Waals surface area contributed by atoms with Crippen molar-refractivity contribution in [1.29, 1.82) is 0 Å². The fourth-order valence-electron chi connectivity index (χ4n) is 0.900. The van der Waals surface area contributed by atoms with Gasteiger partial charge in [-0.3, -0.25) is 0 Å². The maximum absolute atomic E-state index is 10.9. The zero-order chi connectivity index (χ0) is 11.7. The minimum atomic E-state index is -1.25. The van der Waals surface area contributed by atoms with E-state index in [-0.39, 0.29) is 25.9 Å². The van der Waals surface area contributed by atoms with Crippen LogP contribution in [0.25, 0.3) is 0 Å². The molecule has 0 amide bonds. The molecule has 90 valence electrons. The van der Waals surface area contributed by atoms with E-state index in [0.29, 0.717) is 6.61 Å². The Morgan fingerprint density at radius 1 is 1.40 bits per heavy atom. The first-order valence-corrected chi connectivity index (χ1v) is 4.78. The summed E-state index contributed by atoms with van der Waals surface area (Å²) in [4.78, 5) is 10.9. The number of esters is 1. The van der Waals surface area contributed by atoms with Crippen molar-refractivity contribution < 1.29 is 24.1 Å². The molecule has 6 heteroatoms. The fourth-order valence-corrected chi connectivity index (χ4v) is 0.900. The van der Waals surface area contributed by atoms with Gasteiger partial charge in [0.25, 0.3) is 0 Å². The van der Waals surface area contributed by atoms with Gasteiger partial charge in [-0.2, -0.15) is 0 Å². The highest BCUT2D eigenvalue weighted by molar-refractivity contribution is 5.74. The van der Waals surface area contributed by atoms with E-state index in [1.165, 1.54) is 7.11 Å². The summed E-state index contributed by atoms with van der Waals surface area (Å²) in [5.74, 6) is -0.683. The van der Waals surface area contributed by atoms with Gasteiger partial charge < -0.3 is 25.1 Å². The van der Waals surface area contributed by atoms with Crippen LogP contribution in [0, 0.1) is 0 Å². The van der Waals surface area contributed by atoms with Crippen LogP contribution in [0.1, 0.15) is 6.92 Å². The first-order chi connectivity index (χ1) is 7.11. The van der Waals surface area contributed by atoms with Gasteiger partial charge >= 0.3 is 5.97 Å². The van der Waals surface area contributed by atoms with Crippen molar-refractivity contribution in [3.63, 3.8) is 0 Å². The minimum Gasteiger partial charge on any atom is -0.464 e. The fraction of sp³-hybridized carbons (Fsp3) is 0.889. The molecule has 0 spiro atoms. The highest BCUT2D eigenvalue weighted by atomic mass is 16.6. The second-order valence-electron chi connectivity index (χ2n) is 3.02. The van der Waals surface area contributed by atoms with Crippen LogP contribution < -0.4 is 5.73 Å². The summed E-state index contributed by atoms with van der Waals surface area (Å²) in [6.45, 7) is 2.38.